The Hall–Kier alpha value is -9.08. The molecule has 0 bridgehead atoms. The molecular weight excluding hydrogens is 957 g/mol. The Morgan fingerprint density at radius 3 is 1.46 bits per heavy atom. The molecule has 11 N–H and O–H groups in total. The smallest absolute Gasteiger partial charge is 0.306 e. The van der Waals surface area contributed by atoms with Gasteiger partial charge in [0, 0.05) is 51.6 Å². The molecule has 0 radical (unpaired) electrons. The number of aromatic nitrogens is 6. The van der Waals surface area contributed by atoms with Gasteiger partial charge in [-0.3, -0.25) is 48.3 Å². The lowest BCUT2D eigenvalue weighted by molar-refractivity contribution is -0.145. The van der Waals surface area contributed by atoms with E-state index >= 15 is 0 Å². The third-order valence-electron chi connectivity index (χ3n) is 11.4. The van der Waals surface area contributed by atoms with Gasteiger partial charge in [0.15, 0.2) is 0 Å². The fourth-order valence-electron chi connectivity index (χ4n) is 7.61. The van der Waals surface area contributed by atoms with Gasteiger partial charge in [0.05, 0.1) is 22.9 Å². The van der Waals surface area contributed by atoms with E-state index in [1.165, 1.54) is 13.8 Å². The topological polar surface area (TPSA) is 350 Å². The number of aromatic amines is 4. The molecule has 0 aliphatic rings. The molecule has 0 unspecified atom stereocenters. The number of nitrogens with one attached hydrogen (secondary N) is 6. The molecule has 392 valence electrons. The predicted molar refractivity (Wildman–Crippen MR) is 277 cm³/mol. The fourth-order valence-corrected chi connectivity index (χ4v) is 7.61. The summed E-state index contributed by atoms with van der Waals surface area (Å²) in [5, 5.41) is 15.4. The van der Waals surface area contributed by atoms with Crippen LogP contribution in [0.15, 0.2) is 101 Å². The van der Waals surface area contributed by atoms with Gasteiger partial charge in [-0.2, -0.15) is 9.97 Å². The number of carbonyl (C=O) groups is 6. The molecule has 2 amide bonds. The van der Waals surface area contributed by atoms with Crippen LogP contribution in [0.25, 0.3) is 22.1 Å². The van der Waals surface area contributed by atoms with E-state index in [0.29, 0.717) is 58.9 Å². The minimum atomic E-state index is -1.00. The highest BCUT2D eigenvalue weighted by Gasteiger charge is 2.20. The van der Waals surface area contributed by atoms with Gasteiger partial charge in [-0.25, -0.2) is 0 Å². The van der Waals surface area contributed by atoms with Crippen LogP contribution in [0.3, 0.4) is 0 Å². The standard InChI is InChI=1S/C29H31N5O6.C22H25N5O6.CH4.H2/c1-18(35)39-17-23(13-14-24(36)40-16-20-5-3-2-4-6-20)32-27(37)21-10-7-19(8-11-21)9-12-22-15-31-26-25(22)28(38)34-29(30)33-26;1-12(28)33-11-16(8-9-17(29)30)25-20(31)14-5-2-13(3-6-14)4-7-15-10-24-19-18(15)21(32)27-22(23)26-19;;/h2-8,10-11,15,23H,9,12-14,16-17H2,1H3,(H,32,37)(H4,30,31,33,34,38);2-3,5-6,10,16H,4,7-9,11H2,1H3,(H,25,31)(H,29,30)(H4,23,24,26,27,32);1H4;1H/t23-;16-;;/m00../s1. The Morgan fingerprint density at radius 1 is 0.608 bits per heavy atom. The van der Waals surface area contributed by atoms with Crippen molar-refractivity contribution in [2.24, 2.45) is 0 Å². The first-order valence-corrected chi connectivity index (χ1v) is 23.2. The number of nitrogens with zero attached hydrogens (tertiary/aromatic N) is 2. The van der Waals surface area contributed by atoms with Gasteiger partial charge in [0.25, 0.3) is 22.9 Å². The van der Waals surface area contributed by atoms with E-state index in [0.717, 1.165) is 27.8 Å². The number of aryl methyl sites for hydroxylation is 4. The van der Waals surface area contributed by atoms with Crippen LogP contribution in [0.4, 0.5) is 11.9 Å². The van der Waals surface area contributed by atoms with Crippen molar-refractivity contribution in [3.63, 3.8) is 0 Å². The van der Waals surface area contributed by atoms with Gasteiger partial charge in [-0.05, 0) is 90.6 Å². The average Bonchev–Trinajstić information content (AvgIpc) is 3.98. The number of hydrogen-bond donors (Lipinski definition) is 9. The van der Waals surface area contributed by atoms with Gasteiger partial charge in [-0.1, -0.05) is 62.0 Å². The normalized spacial score (nSPS) is 11.5. The second kappa shape index (κ2) is 26.9. The quantitative estimate of drug-likeness (QED) is 0.0324. The molecule has 0 saturated heterocycles. The molecule has 74 heavy (non-hydrogen) atoms. The van der Waals surface area contributed by atoms with Crippen LogP contribution in [0.2, 0.25) is 0 Å². The number of nitrogens with two attached hydrogens (primary N) is 2. The van der Waals surface area contributed by atoms with Crippen LogP contribution in [-0.2, 0) is 65.7 Å². The first kappa shape index (κ1) is 55.8. The Morgan fingerprint density at radius 2 is 1.04 bits per heavy atom. The fraction of sp³-hybridized carbons (Fsp3) is 0.308. The number of benzene rings is 3. The number of carboxylic acids is 1. The number of hydrogen-bond acceptors (Lipinski definition) is 15. The second-order valence-corrected chi connectivity index (χ2v) is 16.9. The minimum absolute atomic E-state index is 0. The number of ether oxygens (including phenoxy) is 3. The number of amides is 2. The van der Waals surface area contributed by atoms with Gasteiger partial charge in [-0.15, -0.1) is 0 Å². The summed E-state index contributed by atoms with van der Waals surface area (Å²) in [5.74, 6) is -3.04. The maximum Gasteiger partial charge on any atom is 0.306 e. The van der Waals surface area contributed by atoms with Crippen molar-refractivity contribution in [3.8, 4) is 0 Å². The van der Waals surface area contributed by atoms with Crippen LogP contribution in [0.1, 0.15) is 96.9 Å². The lowest BCUT2D eigenvalue weighted by atomic mass is 10.0. The summed E-state index contributed by atoms with van der Waals surface area (Å²) >= 11 is 0. The number of anilines is 2. The molecule has 22 heteroatoms. The Labute approximate surface area is 425 Å². The van der Waals surface area contributed by atoms with E-state index in [4.69, 9.17) is 30.8 Å². The van der Waals surface area contributed by atoms with Gasteiger partial charge < -0.3 is 51.4 Å². The molecule has 7 aromatic rings. The molecule has 4 heterocycles. The molecule has 4 aromatic heterocycles. The maximum atomic E-state index is 12.9. The summed E-state index contributed by atoms with van der Waals surface area (Å²) in [6, 6.07) is 22.2. The highest BCUT2D eigenvalue weighted by atomic mass is 16.5. The van der Waals surface area contributed by atoms with Gasteiger partial charge in [0.1, 0.15) is 31.1 Å². The summed E-state index contributed by atoms with van der Waals surface area (Å²) in [6.45, 7) is 2.53. The number of H-pyrrole nitrogens is 4. The van der Waals surface area contributed by atoms with Crippen molar-refractivity contribution in [1.29, 1.82) is 0 Å². The van der Waals surface area contributed by atoms with Gasteiger partial charge in [0.2, 0.25) is 11.9 Å². The highest BCUT2D eigenvalue weighted by molar-refractivity contribution is 5.95. The van der Waals surface area contributed by atoms with Crippen LogP contribution >= 0.6 is 0 Å². The molecule has 22 nitrogen and oxygen atoms in total. The molecule has 3 aromatic carbocycles. The maximum absolute atomic E-state index is 12.9. The van der Waals surface area contributed by atoms with Crippen molar-refractivity contribution in [3.05, 3.63) is 151 Å². The molecule has 0 aliphatic heterocycles. The molecular formula is C52H62N10O12. The average molecular weight is 1020 g/mol. The van der Waals surface area contributed by atoms with E-state index in [9.17, 15) is 38.4 Å². The molecule has 7 rings (SSSR count). The summed E-state index contributed by atoms with van der Waals surface area (Å²) in [7, 11) is 0. The lowest BCUT2D eigenvalue weighted by Crippen LogP contribution is -2.39. The van der Waals surface area contributed by atoms with Crippen LogP contribution in [0, 0.1) is 0 Å². The largest absolute Gasteiger partial charge is 0.481 e. The van der Waals surface area contributed by atoms with Crippen LogP contribution in [-0.4, -0.2) is 96.0 Å². The number of nitrogen functional groups attached to an aromatic ring is 2. The number of carboxylic acid groups (broad SMARTS) is 1. The summed E-state index contributed by atoms with van der Waals surface area (Å²) in [5.41, 5.74) is 16.7. The van der Waals surface area contributed by atoms with Crippen molar-refractivity contribution in [2.45, 2.75) is 91.3 Å². The van der Waals surface area contributed by atoms with Crippen molar-refractivity contribution < 1.29 is 49.5 Å². The summed E-state index contributed by atoms with van der Waals surface area (Å²) in [6.07, 6.45) is 6.19. The van der Waals surface area contributed by atoms with Crippen LogP contribution < -0.4 is 33.2 Å². The Kier molecular flexibility index (Phi) is 20.3. The summed E-state index contributed by atoms with van der Waals surface area (Å²) in [4.78, 5) is 114. The zero-order valence-electron chi connectivity index (χ0n) is 40.1. The summed E-state index contributed by atoms with van der Waals surface area (Å²) < 4.78 is 15.3. The molecule has 0 fully saturated rings. The molecule has 2 atom stereocenters. The monoisotopic (exact) mass is 1020 g/mol. The van der Waals surface area contributed by atoms with E-state index in [-0.39, 0.29) is 83.3 Å². The van der Waals surface area contributed by atoms with Crippen molar-refractivity contribution in [2.75, 3.05) is 24.7 Å². The third kappa shape index (κ3) is 16.8. The second-order valence-electron chi connectivity index (χ2n) is 16.9. The number of carbonyl (C=O) groups excluding carboxylic acids is 5. The van der Waals surface area contributed by atoms with Crippen LogP contribution in [0.5, 0.6) is 0 Å². The molecule has 0 spiro atoms. The highest BCUT2D eigenvalue weighted by Crippen LogP contribution is 2.18. The number of esters is 3. The van der Waals surface area contributed by atoms with E-state index in [1.54, 1.807) is 36.7 Å². The van der Waals surface area contributed by atoms with E-state index < -0.39 is 41.9 Å². The SMILES string of the molecule is C.CC(=O)OC[C@H](CCC(=O)O)NC(=O)c1ccc(CCc2c[nH]c3nc(N)[nH]c(=O)c23)cc1.CC(=O)OC[C@H](CCC(=O)OCc1ccccc1)NC(=O)c1ccc(CCc2c[nH]c3nc(N)[nH]c(=O)c23)cc1.[HH]. The van der Waals surface area contributed by atoms with Gasteiger partial charge >= 0.3 is 23.9 Å². The van der Waals surface area contributed by atoms with E-state index in [2.05, 4.69) is 40.5 Å². The first-order chi connectivity index (χ1) is 35.0. The zero-order valence-corrected chi connectivity index (χ0v) is 40.1. The predicted octanol–water partition coefficient (Wildman–Crippen LogP) is 4.83. The molecule has 0 aliphatic carbocycles. The third-order valence-corrected chi connectivity index (χ3v) is 11.4. The van der Waals surface area contributed by atoms with E-state index in [1.807, 2.05) is 54.6 Å². The van der Waals surface area contributed by atoms with Crippen molar-refractivity contribution in [1.82, 2.24) is 40.5 Å². The Bertz CT molecular complexity index is 3150. The number of fused-ring (bicyclic) bond motifs is 2. The number of rotatable bonds is 22. The minimum Gasteiger partial charge on any atom is -0.481 e. The Balaban J connectivity index is 0.000000322. The number of aliphatic carboxylic acids is 1. The molecule has 0 saturated carbocycles. The zero-order chi connectivity index (χ0) is 52.4. The lowest BCUT2D eigenvalue weighted by Gasteiger charge is -2.18. The first-order valence-electron chi connectivity index (χ1n) is 23.2. The van der Waals surface area contributed by atoms with Crippen molar-refractivity contribution >= 4 is 69.7 Å².